The van der Waals surface area contributed by atoms with Crippen molar-refractivity contribution in [3.63, 3.8) is 0 Å². The topological polar surface area (TPSA) is 101 Å². The number of ether oxygens (including phenoxy) is 1. The summed E-state index contributed by atoms with van der Waals surface area (Å²) in [5.41, 5.74) is 1.63. The van der Waals surface area contributed by atoms with E-state index in [1.807, 2.05) is 24.3 Å². The van der Waals surface area contributed by atoms with Crippen LogP contribution >= 0.6 is 0 Å². The molecule has 5 rings (SSSR count). The molecule has 0 bridgehead atoms. The van der Waals surface area contributed by atoms with Crippen LogP contribution in [0.3, 0.4) is 0 Å². The van der Waals surface area contributed by atoms with Crippen LogP contribution in [0.2, 0.25) is 0 Å². The van der Waals surface area contributed by atoms with Crippen molar-refractivity contribution in [3.8, 4) is 5.75 Å². The molecule has 3 aromatic rings. The Labute approximate surface area is 196 Å². The number of amides is 3. The maximum absolute atomic E-state index is 13.1. The van der Waals surface area contributed by atoms with Gasteiger partial charge in [0, 0.05) is 45.3 Å². The lowest BCUT2D eigenvalue weighted by Crippen LogP contribution is -2.50. The first-order chi connectivity index (χ1) is 16.5. The minimum absolute atomic E-state index is 0.158. The van der Waals surface area contributed by atoms with E-state index >= 15 is 0 Å². The zero-order valence-electron chi connectivity index (χ0n) is 18.8. The summed E-state index contributed by atoms with van der Waals surface area (Å²) in [7, 11) is 1.61. The number of furan rings is 1. The van der Waals surface area contributed by atoms with E-state index in [1.165, 1.54) is 6.26 Å². The summed E-state index contributed by atoms with van der Waals surface area (Å²) in [5.74, 6) is 0.453. The molecule has 1 aromatic carbocycles. The zero-order chi connectivity index (χ0) is 23.7. The molecule has 4 heterocycles. The van der Waals surface area contributed by atoms with E-state index in [2.05, 4.69) is 5.10 Å². The van der Waals surface area contributed by atoms with Crippen LogP contribution < -0.4 is 4.74 Å². The smallest absolute Gasteiger partial charge is 0.289 e. The zero-order valence-corrected chi connectivity index (χ0v) is 18.8. The van der Waals surface area contributed by atoms with Gasteiger partial charge < -0.3 is 23.9 Å². The summed E-state index contributed by atoms with van der Waals surface area (Å²) in [5, 5.41) is 4.40. The van der Waals surface area contributed by atoms with Gasteiger partial charge >= 0.3 is 0 Å². The summed E-state index contributed by atoms with van der Waals surface area (Å²) in [6.07, 6.45) is 1.46. The highest BCUT2D eigenvalue weighted by Gasteiger charge is 2.31. The summed E-state index contributed by atoms with van der Waals surface area (Å²) < 4.78 is 12.1. The van der Waals surface area contributed by atoms with Crippen LogP contribution in [0, 0.1) is 0 Å². The van der Waals surface area contributed by atoms with Crippen molar-refractivity contribution in [1.29, 1.82) is 0 Å². The Bertz CT molecular complexity index is 1210. The van der Waals surface area contributed by atoms with E-state index < -0.39 is 0 Å². The van der Waals surface area contributed by atoms with Gasteiger partial charge in [0.15, 0.2) is 11.5 Å². The summed E-state index contributed by atoms with van der Waals surface area (Å²) in [6, 6.07) is 12.5. The quantitative estimate of drug-likeness (QED) is 0.571. The van der Waals surface area contributed by atoms with Crippen molar-refractivity contribution in [2.75, 3.05) is 39.8 Å². The molecule has 2 aliphatic heterocycles. The van der Waals surface area contributed by atoms with Gasteiger partial charge in [-0.3, -0.25) is 19.1 Å². The predicted molar refractivity (Wildman–Crippen MR) is 120 cm³/mol. The van der Waals surface area contributed by atoms with E-state index in [9.17, 15) is 14.4 Å². The summed E-state index contributed by atoms with van der Waals surface area (Å²) >= 11 is 0. The fourth-order valence-electron chi connectivity index (χ4n) is 4.32. The molecule has 0 spiro atoms. The number of methoxy groups -OCH3 is 1. The number of nitrogens with zero attached hydrogens (tertiary/aromatic N) is 5. The lowest BCUT2D eigenvalue weighted by atomic mass is 10.1. The fraction of sp³-hybridized carbons (Fsp3) is 0.333. The summed E-state index contributed by atoms with van der Waals surface area (Å²) in [4.78, 5) is 43.7. The Balaban J connectivity index is 1.23. The lowest BCUT2D eigenvalue weighted by Gasteiger charge is -2.33. The molecule has 1 saturated heterocycles. The highest BCUT2D eigenvalue weighted by atomic mass is 16.5. The van der Waals surface area contributed by atoms with Crippen molar-refractivity contribution >= 4 is 17.7 Å². The second-order valence-corrected chi connectivity index (χ2v) is 8.28. The lowest BCUT2D eigenvalue weighted by molar-refractivity contribution is 0.0514. The van der Waals surface area contributed by atoms with Crippen LogP contribution in [0.4, 0.5) is 0 Å². The Hall–Kier alpha value is -4.08. The van der Waals surface area contributed by atoms with Gasteiger partial charge in [0.1, 0.15) is 11.4 Å². The molecule has 1 fully saturated rings. The second kappa shape index (κ2) is 9.05. The van der Waals surface area contributed by atoms with E-state index in [4.69, 9.17) is 9.15 Å². The van der Waals surface area contributed by atoms with Crippen LogP contribution in [0.15, 0.2) is 53.1 Å². The number of benzene rings is 1. The van der Waals surface area contributed by atoms with Gasteiger partial charge in [0.25, 0.3) is 17.7 Å². The van der Waals surface area contributed by atoms with Crippen LogP contribution in [-0.2, 0) is 13.1 Å². The van der Waals surface area contributed by atoms with E-state index in [0.717, 1.165) is 11.3 Å². The normalized spacial score (nSPS) is 15.9. The predicted octanol–water partition coefficient (Wildman–Crippen LogP) is 1.74. The number of rotatable bonds is 5. The van der Waals surface area contributed by atoms with Crippen LogP contribution in [0.25, 0.3) is 0 Å². The SMILES string of the molecule is COc1cccc(CN2CCn3nc(C(=O)N4CCN(C(=O)c5ccco5)CC4)cc3C2=O)c1. The maximum Gasteiger partial charge on any atom is 0.289 e. The van der Waals surface area contributed by atoms with Gasteiger partial charge in [-0.15, -0.1) is 0 Å². The van der Waals surface area contributed by atoms with Gasteiger partial charge in [-0.2, -0.15) is 5.10 Å². The van der Waals surface area contributed by atoms with Gasteiger partial charge in [0.05, 0.1) is 19.9 Å². The number of piperazine rings is 1. The molecule has 34 heavy (non-hydrogen) atoms. The largest absolute Gasteiger partial charge is 0.497 e. The van der Waals surface area contributed by atoms with Gasteiger partial charge in [0.2, 0.25) is 0 Å². The maximum atomic E-state index is 13.1. The minimum Gasteiger partial charge on any atom is -0.497 e. The molecule has 0 saturated carbocycles. The molecular weight excluding hydrogens is 438 g/mol. The molecule has 0 atom stereocenters. The highest BCUT2D eigenvalue weighted by molar-refractivity contribution is 5.98. The fourth-order valence-corrected chi connectivity index (χ4v) is 4.32. The standard InChI is InChI=1S/C24H25N5O5/c1-33-18-5-2-4-17(14-18)16-28-11-12-29-20(23(28)31)15-19(25-29)22(30)26-7-9-27(10-8-26)24(32)21-6-3-13-34-21/h2-6,13-15H,7-12,16H2,1H3. The summed E-state index contributed by atoms with van der Waals surface area (Å²) in [6.45, 7) is 3.08. The first-order valence-corrected chi connectivity index (χ1v) is 11.2. The van der Waals surface area contributed by atoms with Gasteiger partial charge in [-0.25, -0.2) is 0 Å². The Morgan fingerprint density at radius 2 is 1.74 bits per heavy atom. The Kier molecular flexibility index (Phi) is 5.79. The Morgan fingerprint density at radius 3 is 2.44 bits per heavy atom. The molecule has 176 valence electrons. The van der Waals surface area contributed by atoms with Crippen molar-refractivity contribution in [1.82, 2.24) is 24.5 Å². The number of hydrogen-bond donors (Lipinski definition) is 0. The Morgan fingerprint density at radius 1 is 0.971 bits per heavy atom. The highest BCUT2D eigenvalue weighted by Crippen LogP contribution is 2.20. The number of aromatic nitrogens is 2. The molecule has 3 amide bonds. The van der Waals surface area contributed by atoms with Crippen molar-refractivity contribution < 1.29 is 23.5 Å². The molecule has 10 heteroatoms. The third-order valence-corrected chi connectivity index (χ3v) is 6.18. The van der Waals surface area contributed by atoms with Gasteiger partial charge in [-0.05, 0) is 29.8 Å². The molecule has 0 radical (unpaired) electrons. The first-order valence-electron chi connectivity index (χ1n) is 11.2. The molecule has 0 N–H and O–H groups in total. The molecule has 2 aliphatic rings. The van der Waals surface area contributed by atoms with Crippen molar-refractivity contribution in [3.05, 3.63) is 71.4 Å². The monoisotopic (exact) mass is 463 g/mol. The van der Waals surface area contributed by atoms with Gasteiger partial charge in [-0.1, -0.05) is 12.1 Å². The molecule has 0 unspecified atom stereocenters. The van der Waals surface area contributed by atoms with Crippen LogP contribution in [0.5, 0.6) is 5.75 Å². The number of fused-ring (bicyclic) bond motifs is 1. The average molecular weight is 463 g/mol. The van der Waals surface area contributed by atoms with Crippen molar-refractivity contribution in [2.45, 2.75) is 13.1 Å². The first kappa shape index (κ1) is 21.7. The van der Waals surface area contributed by atoms with Crippen LogP contribution in [0.1, 0.15) is 37.1 Å². The number of carbonyl (C=O) groups excluding carboxylic acids is 3. The van der Waals surface area contributed by atoms with Crippen molar-refractivity contribution in [2.24, 2.45) is 0 Å². The third kappa shape index (κ3) is 4.14. The minimum atomic E-state index is -0.237. The number of hydrogen-bond acceptors (Lipinski definition) is 6. The van der Waals surface area contributed by atoms with E-state index in [-0.39, 0.29) is 23.4 Å². The molecule has 0 aliphatic carbocycles. The van der Waals surface area contributed by atoms with E-state index in [1.54, 1.807) is 44.7 Å². The molecular formula is C24H25N5O5. The number of carbonyl (C=O) groups is 3. The molecule has 2 aromatic heterocycles. The van der Waals surface area contributed by atoms with E-state index in [0.29, 0.717) is 57.3 Å². The van der Waals surface area contributed by atoms with Crippen LogP contribution in [-0.4, -0.2) is 82.0 Å². The molecule has 10 nitrogen and oxygen atoms in total. The average Bonchev–Trinajstić information content (AvgIpc) is 3.56. The third-order valence-electron chi connectivity index (χ3n) is 6.18. The second-order valence-electron chi connectivity index (χ2n) is 8.28.